The second-order valence-corrected chi connectivity index (χ2v) is 10.9. The number of nitrogens with zero attached hydrogens (tertiary/aromatic N) is 1. The van der Waals surface area contributed by atoms with Crippen LogP contribution in [-0.2, 0) is 20.6 Å². The molecule has 0 bridgehead atoms. The predicted octanol–water partition coefficient (Wildman–Crippen LogP) is 4.87. The van der Waals surface area contributed by atoms with Gasteiger partial charge < -0.3 is 5.32 Å². The summed E-state index contributed by atoms with van der Waals surface area (Å²) < 4.78 is 27.7. The quantitative estimate of drug-likeness (QED) is 0.483. The molecule has 1 aliphatic rings. The molecule has 5 nitrogen and oxygen atoms in total. The van der Waals surface area contributed by atoms with Crippen molar-refractivity contribution >= 4 is 45.0 Å². The Kier molecular flexibility index (Phi) is 6.79. The summed E-state index contributed by atoms with van der Waals surface area (Å²) in [4.78, 5) is 12.8. The van der Waals surface area contributed by atoms with Crippen molar-refractivity contribution in [3.05, 3.63) is 82.9 Å². The average molecular weight is 487 g/mol. The molecule has 1 N–H and O–H groups in total. The lowest BCUT2D eigenvalue weighted by Crippen LogP contribution is -2.43. The standard InChI is InChI=1S/C24H23ClN2O3S2/c1-17-6-2-3-7-18(17)16-31-13-12-26-24(28)15-27-22-11-10-19(25)14-21(22)20-8-4-5-9-23(20)32(27,29)30/h2-11,14H,12-13,15-16H2,1H3,(H,26,28). The maximum absolute atomic E-state index is 13.3. The first kappa shape index (κ1) is 22.7. The fourth-order valence-electron chi connectivity index (χ4n) is 3.68. The zero-order valence-corrected chi connectivity index (χ0v) is 19.9. The Morgan fingerprint density at radius 2 is 1.78 bits per heavy atom. The van der Waals surface area contributed by atoms with E-state index in [0.29, 0.717) is 28.4 Å². The minimum absolute atomic E-state index is 0.177. The van der Waals surface area contributed by atoms with E-state index < -0.39 is 10.0 Å². The molecule has 0 fully saturated rings. The fraction of sp³-hybridized carbons (Fsp3) is 0.208. The molecular formula is C24H23ClN2O3S2. The summed E-state index contributed by atoms with van der Waals surface area (Å²) in [6, 6.07) is 20.0. The minimum atomic E-state index is -3.86. The Hall–Kier alpha value is -2.48. The molecule has 32 heavy (non-hydrogen) atoms. The molecule has 1 amide bonds. The van der Waals surface area contributed by atoms with Crippen molar-refractivity contribution in [3.63, 3.8) is 0 Å². The third kappa shape index (κ3) is 4.65. The van der Waals surface area contributed by atoms with E-state index in [2.05, 4.69) is 24.4 Å². The van der Waals surface area contributed by atoms with Crippen LogP contribution >= 0.6 is 23.4 Å². The van der Waals surface area contributed by atoms with Gasteiger partial charge in [0.05, 0.1) is 10.6 Å². The molecule has 4 rings (SSSR count). The normalized spacial score (nSPS) is 13.9. The molecule has 0 radical (unpaired) electrons. The van der Waals surface area contributed by atoms with Crippen LogP contribution in [0.3, 0.4) is 0 Å². The van der Waals surface area contributed by atoms with E-state index in [4.69, 9.17) is 11.6 Å². The predicted molar refractivity (Wildman–Crippen MR) is 132 cm³/mol. The van der Waals surface area contributed by atoms with Crippen molar-refractivity contribution in [2.75, 3.05) is 23.1 Å². The van der Waals surface area contributed by atoms with Gasteiger partial charge in [0.15, 0.2) is 0 Å². The molecule has 8 heteroatoms. The molecule has 166 valence electrons. The lowest BCUT2D eigenvalue weighted by molar-refractivity contribution is -0.119. The van der Waals surface area contributed by atoms with Crippen LogP contribution in [0.4, 0.5) is 5.69 Å². The number of thioether (sulfide) groups is 1. The van der Waals surface area contributed by atoms with Gasteiger partial charge in [-0.2, -0.15) is 11.8 Å². The van der Waals surface area contributed by atoms with Crippen LogP contribution in [0.15, 0.2) is 71.6 Å². The van der Waals surface area contributed by atoms with E-state index >= 15 is 0 Å². The SMILES string of the molecule is Cc1ccccc1CSCCNC(=O)CN1c2ccc(Cl)cc2-c2ccccc2S1(=O)=O. The van der Waals surface area contributed by atoms with Gasteiger partial charge in [-0.15, -0.1) is 0 Å². The Labute approximate surface area is 197 Å². The summed E-state index contributed by atoms with van der Waals surface area (Å²) in [5, 5.41) is 3.35. The van der Waals surface area contributed by atoms with Crippen LogP contribution in [0.25, 0.3) is 11.1 Å². The van der Waals surface area contributed by atoms with Gasteiger partial charge >= 0.3 is 0 Å². The van der Waals surface area contributed by atoms with Crippen LogP contribution in [0.5, 0.6) is 0 Å². The highest BCUT2D eigenvalue weighted by molar-refractivity contribution is 7.98. The van der Waals surface area contributed by atoms with Crippen LogP contribution < -0.4 is 9.62 Å². The van der Waals surface area contributed by atoms with Gasteiger partial charge in [-0.25, -0.2) is 8.42 Å². The van der Waals surface area contributed by atoms with E-state index in [-0.39, 0.29) is 17.3 Å². The zero-order valence-electron chi connectivity index (χ0n) is 17.5. The van der Waals surface area contributed by atoms with Crippen molar-refractivity contribution in [2.24, 2.45) is 0 Å². The van der Waals surface area contributed by atoms with E-state index in [0.717, 1.165) is 15.8 Å². The number of rotatable bonds is 7. The molecule has 0 saturated heterocycles. The first-order valence-electron chi connectivity index (χ1n) is 10.2. The number of halogens is 1. The maximum atomic E-state index is 13.3. The molecular weight excluding hydrogens is 464 g/mol. The van der Waals surface area contributed by atoms with Crippen LogP contribution in [0.2, 0.25) is 5.02 Å². The number of anilines is 1. The highest BCUT2D eigenvalue weighted by Gasteiger charge is 2.35. The van der Waals surface area contributed by atoms with Gasteiger partial charge in [0.1, 0.15) is 6.54 Å². The molecule has 0 spiro atoms. The van der Waals surface area contributed by atoms with Crippen LogP contribution in [-0.4, -0.2) is 33.2 Å². The van der Waals surface area contributed by atoms with Gasteiger partial charge in [0, 0.05) is 34.2 Å². The van der Waals surface area contributed by atoms with Gasteiger partial charge in [-0.05, 0) is 42.3 Å². The zero-order chi connectivity index (χ0) is 22.7. The summed E-state index contributed by atoms with van der Waals surface area (Å²) in [6.07, 6.45) is 0. The van der Waals surface area contributed by atoms with Crippen LogP contribution in [0.1, 0.15) is 11.1 Å². The summed E-state index contributed by atoms with van der Waals surface area (Å²) in [7, 11) is -3.86. The minimum Gasteiger partial charge on any atom is -0.354 e. The second kappa shape index (κ2) is 9.57. The molecule has 3 aromatic rings. The number of benzene rings is 3. The summed E-state index contributed by atoms with van der Waals surface area (Å²) in [6.45, 7) is 2.26. The molecule has 1 aliphatic heterocycles. The van der Waals surface area contributed by atoms with Gasteiger partial charge in [0.2, 0.25) is 5.91 Å². The van der Waals surface area contributed by atoms with Crippen molar-refractivity contribution in [3.8, 4) is 11.1 Å². The van der Waals surface area contributed by atoms with Crippen molar-refractivity contribution in [2.45, 2.75) is 17.6 Å². The number of fused-ring (bicyclic) bond motifs is 3. The van der Waals surface area contributed by atoms with E-state index in [1.165, 1.54) is 11.1 Å². The van der Waals surface area contributed by atoms with Crippen LogP contribution in [0, 0.1) is 6.92 Å². The van der Waals surface area contributed by atoms with E-state index in [9.17, 15) is 13.2 Å². The van der Waals surface area contributed by atoms with Crippen molar-refractivity contribution in [1.29, 1.82) is 0 Å². The van der Waals surface area contributed by atoms with Gasteiger partial charge in [0.25, 0.3) is 10.0 Å². The third-order valence-corrected chi connectivity index (χ3v) is 8.41. The molecule has 0 saturated carbocycles. The van der Waals surface area contributed by atoms with Gasteiger partial charge in [-0.3, -0.25) is 9.10 Å². The first-order chi connectivity index (χ1) is 15.4. The number of sulfonamides is 1. The lowest BCUT2D eigenvalue weighted by atomic mass is 10.0. The third-order valence-electron chi connectivity index (χ3n) is 5.35. The van der Waals surface area contributed by atoms with Crippen molar-refractivity contribution < 1.29 is 13.2 Å². The number of hydrogen-bond acceptors (Lipinski definition) is 4. The number of aryl methyl sites for hydroxylation is 1. The average Bonchev–Trinajstić information content (AvgIpc) is 2.78. The van der Waals surface area contributed by atoms with Crippen molar-refractivity contribution in [1.82, 2.24) is 5.32 Å². The van der Waals surface area contributed by atoms with E-state index in [1.54, 1.807) is 54.2 Å². The second-order valence-electron chi connectivity index (χ2n) is 7.50. The number of hydrogen-bond donors (Lipinski definition) is 1. The monoisotopic (exact) mass is 486 g/mol. The van der Waals surface area contributed by atoms with Gasteiger partial charge in [-0.1, -0.05) is 54.1 Å². The molecule has 1 heterocycles. The highest BCUT2D eigenvalue weighted by Crippen LogP contribution is 2.43. The molecule has 0 atom stereocenters. The Morgan fingerprint density at radius 3 is 2.59 bits per heavy atom. The molecule has 0 aromatic heterocycles. The largest absolute Gasteiger partial charge is 0.354 e. The fourth-order valence-corrected chi connectivity index (χ4v) is 6.43. The molecule has 0 unspecified atom stereocenters. The number of carbonyl (C=O) groups is 1. The number of carbonyl (C=O) groups excluding carboxylic acids is 1. The smallest absolute Gasteiger partial charge is 0.265 e. The lowest BCUT2D eigenvalue weighted by Gasteiger charge is -2.31. The number of nitrogens with one attached hydrogen (secondary N) is 1. The highest BCUT2D eigenvalue weighted by atomic mass is 35.5. The topological polar surface area (TPSA) is 66.5 Å². The summed E-state index contributed by atoms with van der Waals surface area (Å²) in [5.41, 5.74) is 4.27. The number of amides is 1. The summed E-state index contributed by atoms with van der Waals surface area (Å²) >= 11 is 7.90. The Bertz CT molecular complexity index is 1260. The van der Waals surface area contributed by atoms with E-state index in [1.807, 2.05) is 12.1 Å². The first-order valence-corrected chi connectivity index (χ1v) is 13.2. The molecule has 0 aliphatic carbocycles. The Balaban J connectivity index is 1.42. The summed E-state index contributed by atoms with van der Waals surface area (Å²) in [5.74, 6) is 1.26. The maximum Gasteiger partial charge on any atom is 0.265 e. The molecule has 3 aromatic carbocycles. The Morgan fingerprint density at radius 1 is 1.03 bits per heavy atom.